The Hall–Kier alpha value is -0.0800. The van der Waals surface area contributed by atoms with E-state index in [-0.39, 0.29) is 0 Å². The molecule has 1 fully saturated rings. The van der Waals surface area contributed by atoms with Crippen molar-refractivity contribution < 1.29 is 4.74 Å². The van der Waals surface area contributed by atoms with Crippen molar-refractivity contribution in [1.29, 1.82) is 0 Å². The molecule has 0 aromatic rings. The zero-order valence-corrected chi connectivity index (χ0v) is 11.7. The van der Waals surface area contributed by atoms with Gasteiger partial charge < -0.3 is 10.1 Å². The standard InChI is InChI=1S/C15H31NO/c1-2-3-4-8-12-16-13-9-14-17-15-10-6-5-7-11-15/h15-16H,2-14H2,1H3. The number of hydrogen-bond acceptors (Lipinski definition) is 2. The van der Waals surface area contributed by atoms with Crippen LogP contribution in [0.15, 0.2) is 0 Å². The molecule has 0 unspecified atom stereocenters. The first kappa shape index (κ1) is 15.0. The summed E-state index contributed by atoms with van der Waals surface area (Å²) in [4.78, 5) is 0. The topological polar surface area (TPSA) is 21.3 Å². The second kappa shape index (κ2) is 11.0. The lowest BCUT2D eigenvalue weighted by Crippen LogP contribution is -2.21. The molecule has 1 aliphatic rings. The summed E-state index contributed by atoms with van der Waals surface area (Å²) >= 11 is 0. The van der Waals surface area contributed by atoms with E-state index in [0.29, 0.717) is 6.10 Å². The summed E-state index contributed by atoms with van der Waals surface area (Å²) in [7, 11) is 0. The summed E-state index contributed by atoms with van der Waals surface area (Å²) in [6, 6.07) is 0. The van der Waals surface area contributed by atoms with E-state index < -0.39 is 0 Å². The second-order valence-electron chi connectivity index (χ2n) is 5.30. The maximum absolute atomic E-state index is 5.89. The third kappa shape index (κ3) is 8.62. The number of nitrogens with one attached hydrogen (secondary N) is 1. The molecule has 0 aliphatic heterocycles. The van der Waals surface area contributed by atoms with E-state index >= 15 is 0 Å². The molecular formula is C15H31NO. The van der Waals surface area contributed by atoms with E-state index in [1.54, 1.807) is 0 Å². The molecular weight excluding hydrogens is 210 g/mol. The van der Waals surface area contributed by atoms with Crippen LogP contribution in [0.25, 0.3) is 0 Å². The van der Waals surface area contributed by atoms with E-state index in [2.05, 4.69) is 12.2 Å². The minimum Gasteiger partial charge on any atom is -0.378 e. The fourth-order valence-corrected chi connectivity index (χ4v) is 2.48. The van der Waals surface area contributed by atoms with Gasteiger partial charge in [0.25, 0.3) is 0 Å². The van der Waals surface area contributed by atoms with Crippen LogP contribution in [-0.4, -0.2) is 25.8 Å². The smallest absolute Gasteiger partial charge is 0.0575 e. The Labute approximate surface area is 108 Å². The molecule has 1 rings (SSSR count). The van der Waals surface area contributed by atoms with Gasteiger partial charge in [-0.3, -0.25) is 0 Å². The van der Waals surface area contributed by atoms with E-state index in [4.69, 9.17) is 4.74 Å². The zero-order valence-electron chi connectivity index (χ0n) is 11.7. The monoisotopic (exact) mass is 241 g/mol. The largest absolute Gasteiger partial charge is 0.378 e. The van der Waals surface area contributed by atoms with Gasteiger partial charge in [0, 0.05) is 6.61 Å². The zero-order chi connectivity index (χ0) is 12.2. The van der Waals surface area contributed by atoms with Crippen LogP contribution in [0.4, 0.5) is 0 Å². The minimum atomic E-state index is 0.577. The highest BCUT2D eigenvalue weighted by molar-refractivity contribution is 4.65. The molecule has 2 heteroatoms. The van der Waals surface area contributed by atoms with Crippen molar-refractivity contribution in [3.8, 4) is 0 Å². The van der Waals surface area contributed by atoms with Crippen molar-refractivity contribution in [1.82, 2.24) is 5.32 Å². The van der Waals surface area contributed by atoms with E-state index in [0.717, 1.165) is 13.2 Å². The van der Waals surface area contributed by atoms with Crippen molar-refractivity contribution >= 4 is 0 Å². The normalized spacial score (nSPS) is 17.5. The van der Waals surface area contributed by atoms with Crippen LogP contribution in [0, 0.1) is 0 Å². The van der Waals surface area contributed by atoms with Crippen molar-refractivity contribution in [2.24, 2.45) is 0 Å². The predicted molar refractivity (Wildman–Crippen MR) is 74.5 cm³/mol. The molecule has 0 radical (unpaired) electrons. The van der Waals surface area contributed by atoms with Crippen LogP contribution < -0.4 is 5.32 Å². The molecule has 2 nitrogen and oxygen atoms in total. The van der Waals surface area contributed by atoms with Crippen LogP contribution in [0.3, 0.4) is 0 Å². The van der Waals surface area contributed by atoms with Gasteiger partial charge in [0.15, 0.2) is 0 Å². The first-order valence-corrected chi connectivity index (χ1v) is 7.76. The van der Waals surface area contributed by atoms with Gasteiger partial charge in [0.05, 0.1) is 6.10 Å². The highest BCUT2D eigenvalue weighted by atomic mass is 16.5. The van der Waals surface area contributed by atoms with Crippen LogP contribution in [-0.2, 0) is 4.74 Å². The van der Waals surface area contributed by atoms with Gasteiger partial charge in [-0.1, -0.05) is 45.4 Å². The molecule has 0 aromatic heterocycles. The summed E-state index contributed by atoms with van der Waals surface area (Å²) in [6.45, 7) is 5.52. The van der Waals surface area contributed by atoms with Gasteiger partial charge in [-0.05, 0) is 38.8 Å². The first-order chi connectivity index (χ1) is 8.43. The summed E-state index contributed by atoms with van der Waals surface area (Å²) in [5, 5.41) is 3.50. The van der Waals surface area contributed by atoms with E-state index in [1.165, 1.54) is 70.8 Å². The Morgan fingerprint density at radius 3 is 2.47 bits per heavy atom. The molecule has 0 heterocycles. The summed E-state index contributed by atoms with van der Waals surface area (Å²) in [5.74, 6) is 0. The fourth-order valence-electron chi connectivity index (χ4n) is 2.48. The van der Waals surface area contributed by atoms with Crippen LogP contribution >= 0.6 is 0 Å². The van der Waals surface area contributed by atoms with Crippen molar-refractivity contribution in [3.05, 3.63) is 0 Å². The van der Waals surface area contributed by atoms with Crippen molar-refractivity contribution in [2.75, 3.05) is 19.7 Å². The second-order valence-corrected chi connectivity index (χ2v) is 5.30. The highest BCUT2D eigenvalue weighted by Gasteiger charge is 2.12. The van der Waals surface area contributed by atoms with Gasteiger partial charge in [0.2, 0.25) is 0 Å². The third-order valence-corrected chi connectivity index (χ3v) is 3.61. The first-order valence-electron chi connectivity index (χ1n) is 7.76. The number of ether oxygens (including phenoxy) is 1. The SMILES string of the molecule is CCCCCCNCCCOC1CCCCC1. The lowest BCUT2D eigenvalue weighted by Gasteiger charge is -2.21. The van der Waals surface area contributed by atoms with Crippen molar-refractivity contribution in [3.63, 3.8) is 0 Å². The third-order valence-electron chi connectivity index (χ3n) is 3.61. The number of rotatable bonds is 10. The summed E-state index contributed by atoms with van der Waals surface area (Å²) in [5.41, 5.74) is 0. The van der Waals surface area contributed by atoms with Gasteiger partial charge in [-0.2, -0.15) is 0 Å². The lowest BCUT2D eigenvalue weighted by molar-refractivity contribution is 0.0273. The molecule has 0 amide bonds. The average molecular weight is 241 g/mol. The van der Waals surface area contributed by atoms with Gasteiger partial charge in [0.1, 0.15) is 0 Å². The molecule has 1 saturated carbocycles. The fraction of sp³-hybridized carbons (Fsp3) is 1.00. The molecule has 0 atom stereocenters. The molecule has 17 heavy (non-hydrogen) atoms. The minimum absolute atomic E-state index is 0.577. The molecule has 102 valence electrons. The Morgan fingerprint density at radius 1 is 0.941 bits per heavy atom. The molecule has 0 aromatic carbocycles. The number of unbranched alkanes of at least 4 members (excludes halogenated alkanes) is 3. The Kier molecular flexibility index (Phi) is 9.72. The molecule has 1 N–H and O–H groups in total. The lowest BCUT2D eigenvalue weighted by atomic mass is 9.98. The summed E-state index contributed by atoms with van der Waals surface area (Å²) < 4.78 is 5.89. The van der Waals surface area contributed by atoms with E-state index in [1.807, 2.05) is 0 Å². The quantitative estimate of drug-likeness (QED) is 0.586. The molecule has 0 bridgehead atoms. The molecule has 0 saturated heterocycles. The molecule has 0 spiro atoms. The van der Waals surface area contributed by atoms with Crippen LogP contribution in [0.2, 0.25) is 0 Å². The molecule has 1 aliphatic carbocycles. The van der Waals surface area contributed by atoms with Crippen LogP contribution in [0.5, 0.6) is 0 Å². The Morgan fingerprint density at radius 2 is 1.71 bits per heavy atom. The van der Waals surface area contributed by atoms with Crippen molar-refractivity contribution in [2.45, 2.75) is 77.2 Å². The number of hydrogen-bond donors (Lipinski definition) is 1. The van der Waals surface area contributed by atoms with E-state index in [9.17, 15) is 0 Å². The van der Waals surface area contributed by atoms with Crippen LogP contribution in [0.1, 0.15) is 71.1 Å². The highest BCUT2D eigenvalue weighted by Crippen LogP contribution is 2.20. The average Bonchev–Trinajstić information content (AvgIpc) is 2.38. The van der Waals surface area contributed by atoms with Gasteiger partial charge >= 0.3 is 0 Å². The maximum Gasteiger partial charge on any atom is 0.0575 e. The predicted octanol–water partition coefficient (Wildman–Crippen LogP) is 3.90. The Balaban J connectivity index is 1.75. The maximum atomic E-state index is 5.89. The summed E-state index contributed by atoms with van der Waals surface area (Å²) in [6.07, 6.45) is 13.9. The van der Waals surface area contributed by atoms with Gasteiger partial charge in [-0.25, -0.2) is 0 Å². The Bertz CT molecular complexity index is 155. The van der Waals surface area contributed by atoms with Gasteiger partial charge in [-0.15, -0.1) is 0 Å².